The third-order valence-corrected chi connectivity index (χ3v) is 4.18. The molecule has 1 aromatic heterocycles. The lowest BCUT2D eigenvalue weighted by atomic mass is 10.1. The molecule has 0 saturated carbocycles. The van der Waals surface area contributed by atoms with Crippen molar-refractivity contribution in [2.45, 2.75) is 20.3 Å². The van der Waals surface area contributed by atoms with Crippen molar-refractivity contribution in [3.63, 3.8) is 0 Å². The number of hydrogen-bond acceptors (Lipinski definition) is 5. The van der Waals surface area contributed by atoms with Gasteiger partial charge in [-0.3, -0.25) is 4.79 Å². The second kappa shape index (κ2) is 9.50. The zero-order chi connectivity index (χ0) is 20.6. The lowest BCUT2D eigenvalue weighted by Crippen LogP contribution is -2.15. The van der Waals surface area contributed by atoms with Crippen molar-refractivity contribution < 1.29 is 14.3 Å². The number of para-hydroxylation sites is 1. The summed E-state index contributed by atoms with van der Waals surface area (Å²) < 4.78 is 5.08. The normalized spacial score (nSPS) is 10.3. The summed E-state index contributed by atoms with van der Waals surface area (Å²) >= 11 is 0. The highest BCUT2D eigenvalue weighted by molar-refractivity contribution is 5.96. The van der Waals surface area contributed by atoms with Gasteiger partial charge in [-0.15, -0.1) is 0 Å². The maximum atomic E-state index is 12.2. The molecule has 3 aromatic rings. The van der Waals surface area contributed by atoms with Crippen LogP contribution in [0.25, 0.3) is 0 Å². The van der Waals surface area contributed by atoms with Crippen molar-refractivity contribution in [1.82, 2.24) is 4.98 Å². The number of aromatic nitrogens is 1. The van der Waals surface area contributed by atoms with E-state index in [1.165, 1.54) is 0 Å². The summed E-state index contributed by atoms with van der Waals surface area (Å²) in [6.07, 6.45) is 1.89. The largest absolute Gasteiger partial charge is 0.462 e. The molecule has 0 radical (unpaired) electrons. The fraction of sp³-hybridized carbons (Fsp3) is 0.174. The number of carbonyl (C=O) groups excluding carboxylic acids is 2. The first kappa shape index (κ1) is 20.1. The maximum Gasteiger partial charge on any atom is 0.340 e. The van der Waals surface area contributed by atoms with E-state index in [0.29, 0.717) is 29.4 Å². The van der Waals surface area contributed by atoms with Crippen molar-refractivity contribution in [3.05, 3.63) is 83.6 Å². The molecule has 0 aliphatic rings. The Morgan fingerprint density at radius 2 is 1.86 bits per heavy atom. The standard InChI is InChI=1S/C23H23N3O3/c1-3-29-23(28)19-9-4-5-10-20(19)25-18-11-12-21(24-15-18)26-22(27)14-17-8-6-7-16(2)13-17/h4-13,15,25H,3,14H2,1-2H3,(H,24,26,27). The molecule has 0 bridgehead atoms. The quantitative estimate of drug-likeness (QED) is 0.582. The van der Waals surface area contributed by atoms with E-state index < -0.39 is 0 Å². The van der Waals surface area contributed by atoms with Gasteiger partial charge < -0.3 is 15.4 Å². The summed E-state index contributed by atoms with van der Waals surface area (Å²) in [4.78, 5) is 28.6. The number of ether oxygens (including phenoxy) is 1. The van der Waals surface area contributed by atoms with Gasteiger partial charge in [0.25, 0.3) is 0 Å². The number of esters is 1. The van der Waals surface area contributed by atoms with E-state index in [-0.39, 0.29) is 18.3 Å². The van der Waals surface area contributed by atoms with Gasteiger partial charge in [-0.2, -0.15) is 0 Å². The van der Waals surface area contributed by atoms with Crippen LogP contribution in [0.15, 0.2) is 66.9 Å². The van der Waals surface area contributed by atoms with Gasteiger partial charge in [0.2, 0.25) is 5.91 Å². The lowest BCUT2D eigenvalue weighted by molar-refractivity contribution is -0.115. The van der Waals surface area contributed by atoms with Crippen LogP contribution >= 0.6 is 0 Å². The number of anilines is 3. The summed E-state index contributed by atoms with van der Waals surface area (Å²) in [7, 11) is 0. The van der Waals surface area contributed by atoms with Crippen molar-refractivity contribution >= 4 is 29.1 Å². The molecule has 6 nitrogen and oxygen atoms in total. The third-order valence-electron chi connectivity index (χ3n) is 4.18. The molecule has 0 spiro atoms. The molecule has 148 valence electrons. The molecule has 1 amide bonds. The van der Waals surface area contributed by atoms with Crippen LogP contribution in [0.5, 0.6) is 0 Å². The molecule has 0 unspecified atom stereocenters. The minimum atomic E-state index is -0.386. The third kappa shape index (κ3) is 5.65. The molecular formula is C23H23N3O3. The van der Waals surface area contributed by atoms with Crippen molar-refractivity contribution in [3.8, 4) is 0 Å². The highest BCUT2D eigenvalue weighted by Gasteiger charge is 2.12. The number of rotatable bonds is 7. The second-order valence-corrected chi connectivity index (χ2v) is 6.54. The number of nitrogens with one attached hydrogen (secondary N) is 2. The van der Waals surface area contributed by atoms with Gasteiger partial charge in [0.05, 0.1) is 36.2 Å². The number of benzene rings is 2. The first-order valence-corrected chi connectivity index (χ1v) is 9.40. The molecule has 6 heteroatoms. The first-order chi connectivity index (χ1) is 14.0. The van der Waals surface area contributed by atoms with Crippen molar-refractivity contribution in [2.24, 2.45) is 0 Å². The zero-order valence-electron chi connectivity index (χ0n) is 16.4. The first-order valence-electron chi connectivity index (χ1n) is 9.40. The van der Waals surface area contributed by atoms with E-state index in [9.17, 15) is 9.59 Å². The molecule has 1 heterocycles. The van der Waals surface area contributed by atoms with Crippen molar-refractivity contribution in [2.75, 3.05) is 17.2 Å². The van der Waals surface area contributed by atoms with Crippen molar-refractivity contribution in [1.29, 1.82) is 0 Å². The Hall–Kier alpha value is -3.67. The van der Waals surface area contributed by atoms with E-state index in [4.69, 9.17) is 4.74 Å². The van der Waals surface area contributed by atoms with Gasteiger partial charge in [-0.25, -0.2) is 9.78 Å². The smallest absolute Gasteiger partial charge is 0.340 e. The van der Waals surface area contributed by atoms with Gasteiger partial charge in [0.15, 0.2) is 0 Å². The highest BCUT2D eigenvalue weighted by Crippen LogP contribution is 2.22. The van der Waals surface area contributed by atoms with Crippen LogP contribution in [0.2, 0.25) is 0 Å². The number of pyridine rings is 1. The molecule has 3 rings (SSSR count). The van der Waals surface area contributed by atoms with Gasteiger partial charge in [0, 0.05) is 0 Å². The van der Waals surface area contributed by atoms with E-state index in [1.54, 1.807) is 43.5 Å². The summed E-state index contributed by atoms with van der Waals surface area (Å²) in [5, 5.41) is 5.96. The topological polar surface area (TPSA) is 80.3 Å². The van der Waals surface area contributed by atoms with Crippen LogP contribution in [0.4, 0.5) is 17.2 Å². The predicted molar refractivity (Wildman–Crippen MR) is 113 cm³/mol. The second-order valence-electron chi connectivity index (χ2n) is 6.54. The van der Waals surface area contributed by atoms with E-state index in [1.807, 2.05) is 37.3 Å². The van der Waals surface area contributed by atoms with Gasteiger partial charge in [-0.05, 0) is 43.7 Å². The molecule has 2 aromatic carbocycles. The molecule has 0 fully saturated rings. The van der Waals surface area contributed by atoms with Gasteiger partial charge >= 0.3 is 5.97 Å². The summed E-state index contributed by atoms with van der Waals surface area (Å²) in [5.41, 5.74) is 3.84. The summed E-state index contributed by atoms with van der Waals surface area (Å²) in [6.45, 7) is 4.07. The van der Waals surface area contributed by atoms with E-state index in [0.717, 1.165) is 11.1 Å². The Kier molecular flexibility index (Phi) is 6.58. The van der Waals surface area contributed by atoms with Gasteiger partial charge in [-0.1, -0.05) is 42.0 Å². The van der Waals surface area contributed by atoms with Crippen LogP contribution in [0.1, 0.15) is 28.4 Å². The van der Waals surface area contributed by atoms with E-state index >= 15 is 0 Å². The molecule has 0 aliphatic heterocycles. The Morgan fingerprint density at radius 3 is 2.59 bits per heavy atom. The molecule has 0 atom stereocenters. The summed E-state index contributed by atoms with van der Waals surface area (Å²) in [5.74, 6) is -0.0491. The fourth-order valence-corrected chi connectivity index (χ4v) is 2.87. The van der Waals surface area contributed by atoms with Crippen LogP contribution in [-0.4, -0.2) is 23.5 Å². The van der Waals surface area contributed by atoms with Crippen LogP contribution in [0, 0.1) is 6.92 Å². The monoisotopic (exact) mass is 389 g/mol. The van der Waals surface area contributed by atoms with Crippen LogP contribution < -0.4 is 10.6 Å². The lowest BCUT2D eigenvalue weighted by Gasteiger charge is -2.11. The summed E-state index contributed by atoms with van der Waals surface area (Å²) in [6, 6.07) is 18.5. The Labute approximate surface area is 169 Å². The minimum absolute atomic E-state index is 0.128. The maximum absolute atomic E-state index is 12.2. The SMILES string of the molecule is CCOC(=O)c1ccccc1Nc1ccc(NC(=O)Cc2cccc(C)c2)nc1. The molecule has 0 saturated heterocycles. The molecule has 29 heavy (non-hydrogen) atoms. The number of aryl methyl sites for hydroxylation is 1. The van der Waals surface area contributed by atoms with E-state index in [2.05, 4.69) is 15.6 Å². The number of nitrogens with zero attached hydrogens (tertiary/aromatic N) is 1. The van der Waals surface area contributed by atoms with Crippen LogP contribution in [0.3, 0.4) is 0 Å². The molecular weight excluding hydrogens is 366 g/mol. The molecule has 0 aliphatic carbocycles. The number of hydrogen-bond donors (Lipinski definition) is 2. The predicted octanol–water partition coefficient (Wildman–Crippen LogP) is 4.49. The van der Waals surface area contributed by atoms with Gasteiger partial charge in [0.1, 0.15) is 5.82 Å². The Balaban J connectivity index is 1.64. The Morgan fingerprint density at radius 1 is 1.03 bits per heavy atom. The molecule has 2 N–H and O–H groups in total. The highest BCUT2D eigenvalue weighted by atomic mass is 16.5. The fourth-order valence-electron chi connectivity index (χ4n) is 2.87. The Bertz CT molecular complexity index is 1000. The minimum Gasteiger partial charge on any atom is -0.462 e. The average Bonchev–Trinajstić information content (AvgIpc) is 2.70. The number of amides is 1. The average molecular weight is 389 g/mol. The zero-order valence-corrected chi connectivity index (χ0v) is 16.4. The van der Waals surface area contributed by atoms with Crippen LogP contribution in [-0.2, 0) is 16.0 Å². The number of carbonyl (C=O) groups is 2.